The van der Waals surface area contributed by atoms with Gasteiger partial charge in [-0.15, -0.1) is 0 Å². The van der Waals surface area contributed by atoms with Gasteiger partial charge in [-0.25, -0.2) is 16.8 Å². The van der Waals surface area contributed by atoms with Crippen LogP contribution in [-0.4, -0.2) is 46.5 Å². The molecule has 0 N–H and O–H groups in total. The molecule has 3 aromatic rings. The lowest BCUT2D eigenvalue weighted by Crippen LogP contribution is -2.64. The number of hydrogen-bond donors (Lipinski definition) is 0. The summed E-state index contributed by atoms with van der Waals surface area (Å²) in [4.78, 5) is 3.88. The second-order valence-corrected chi connectivity index (χ2v) is 13.5. The third-order valence-electron chi connectivity index (χ3n) is 5.18. The first-order chi connectivity index (χ1) is 19.1. The third kappa shape index (κ3) is 6.50. The molecule has 1 aliphatic heterocycles. The van der Waals surface area contributed by atoms with Gasteiger partial charge in [0.1, 0.15) is 19.0 Å². The molecule has 0 spiro atoms. The van der Waals surface area contributed by atoms with Crippen LogP contribution in [0, 0.1) is 0 Å². The lowest BCUT2D eigenvalue weighted by Gasteiger charge is -2.42. The standard InChI is InChI=1S/C22H21O2S.C3F6NO4S2/c1-2-23-17-18-24-19-13-15-22(16-14-19)25(20-9-5-3-6-10-20)21-11-7-4-8-12-21;4-1(5)2(6,7)15(11,12)10-16(13,14)3(1,8)9/h2-16H,1,17-18H2;/q+1;-1. The minimum absolute atomic E-state index is 0.125. The zero-order valence-electron chi connectivity index (χ0n) is 20.7. The molecule has 0 radical (unpaired) electrons. The van der Waals surface area contributed by atoms with E-state index < -0.39 is 36.5 Å². The lowest BCUT2D eigenvalue weighted by atomic mass is 10.3. The highest BCUT2D eigenvalue weighted by molar-refractivity contribution is 8.13. The van der Waals surface area contributed by atoms with Crippen LogP contribution in [0.5, 0.6) is 5.75 Å². The zero-order chi connectivity index (χ0) is 30.5. The molecule has 41 heavy (non-hydrogen) atoms. The van der Waals surface area contributed by atoms with E-state index in [4.69, 9.17) is 9.47 Å². The van der Waals surface area contributed by atoms with Crippen molar-refractivity contribution in [3.63, 3.8) is 0 Å². The smallest absolute Gasteiger partial charge is 0.399 e. The molecular formula is C25H21F6NO6S3. The van der Waals surface area contributed by atoms with Gasteiger partial charge in [0.15, 0.2) is 34.7 Å². The molecule has 0 unspecified atom stereocenters. The van der Waals surface area contributed by atoms with Crippen LogP contribution in [-0.2, 0) is 35.7 Å². The second-order valence-electron chi connectivity index (χ2n) is 7.92. The first kappa shape index (κ1) is 32.3. The summed E-state index contributed by atoms with van der Waals surface area (Å²) in [5, 5.41) is -12.6. The van der Waals surface area contributed by atoms with Crippen molar-refractivity contribution in [2.75, 3.05) is 13.2 Å². The van der Waals surface area contributed by atoms with E-state index in [0.717, 1.165) is 9.88 Å². The Morgan fingerprint density at radius 1 is 0.683 bits per heavy atom. The molecule has 0 aromatic heterocycles. The number of rotatable bonds is 8. The first-order valence-electron chi connectivity index (χ1n) is 11.3. The number of hydrogen-bond acceptors (Lipinski definition) is 6. The van der Waals surface area contributed by atoms with Gasteiger partial charge < -0.3 is 13.6 Å². The van der Waals surface area contributed by atoms with Gasteiger partial charge in [0, 0.05) is 0 Å². The molecule has 0 amide bonds. The Kier molecular flexibility index (Phi) is 9.73. The van der Waals surface area contributed by atoms with Crippen LogP contribution in [0.1, 0.15) is 0 Å². The van der Waals surface area contributed by atoms with E-state index in [-0.39, 0.29) is 10.9 Å². The van der Waals surface area contributed by atoms with Crippen LogP contribution >= 0.6 is 0 Å². The van der Waals surface area contributed by atoms with E-state index in [1.807, 2.05) is 12.1 Å². The maximum atomic E-state index is 12.4. The number of benzene rings is 3. The molecule has 3 aromatic carbocycles. The van der Waals surface area contributed by atoms with Crippen molar-refractivity contribution in [3.8, 4) is 5.75 Å². The van der Waals surface area contributed by atoms with Gasteiger partial charge in [-0.3, -0.25) is 0 Å². The number of alkyl halides is 6. The summed E-state index contributed by atoms with van der Waals surface area (Å²) in [6, 6.07) is 29.6. The zero-order valence-corrected chi connectivity index (χ0v) is 23.1. The van der Waals surface area contributed by atoms with E-state index >= 15 is 0 Å². The van der Waals surface area contributed by atoms with Crippen LogP contribution < -0.4 is 4.74 Å². The van der Waals surface area contributed by atoms with Gasteiger partial charge in [0.2, 0.25) is 0 Å². The Morgan fingerprint density at radius 2 is 1.10 bits per heavy atom. The lowest BCUT2D eigenvalue weighted by molar-refractivity contribution is -0.244. The fourth-order valence-corrected chi connectivity index (χ4v) is 8.04. The van der Waals surface area contributed by atoms with E-state index in [2.05, 4.69) is 79.4 Å². The van der Waals surface area contributed by atoms with Gasteiger partial charge in [0.05, 0.1) is 17.2 Å². The topological polar surface area (TPSA) is 101 Å². The minimum Gasteiger partial charge on any atom is -0.498 e. The maximum absolute atomic E-state index is 12.4. The van der Waals surface area contributed by atoms with Crippen molar-refractivity contribution in [2.45, 2.75) is 31.1 Å². The Hall–Kier alpha value is -3.21. The Balaban J connectivity index is 0.000000250. The summed E-state index contributed by atoms with van der Waals surface area (Å²) in [5.41, 5.74) is 0. The highest BCUT2D eigenvalue weighted by Crippen LogP contribution is 2.57. The van der Waals surface area contributed by atoms with Crippen molar-refractivity contribution in [3.05, 3.63) is 102 Å². The number of ether oxygens (including phenoxy) is 2. The summed E-state index contributed by atoms with van der Waals surface area (Å²) in [6.45, 7) is 4.53. The summed E-state index contributed by atoms with van der Waals surface area (Å²) >= 11 is 0. The molecule has 1 aliphatic rings. The summed E-state index contributed by atoms with van der Waals surface area (Å²) in [6.07, 6.45) is 1.43. The molecule has 1 heterocycles. The normalized spacial score (nSPS) is 19.3. The van der Waals surface area contributed by atoms with Crippen LogP contribution in [0.4, 0.5) is 26.3 Å². The van der Waals surface area contributed by atoms with Crippen molar-refractivity contribution in [2.24, 2.45) is 0 Å². The van der Waals surface area contributed by atoms with Crippen LogP contribution in [0.3, 0.4) is 0 Å². The fourth-order valence-electron chi connectivity index (χ4n) is 3.20. The molecule has 0 saturated carbocycles. The molecule has 1 fully saturated rings. The van der Waals surface area contributed by atoms with E-state index in [1.54, 1.807) is 0 Å². The van der Waals surface area contributed by atoms with Gasteiger partial charge in [-0.1, -0.05) is 43.0 Å². The third-order valence-corrected chi connectivity index (χ3v) is 10.8. The van der Waals surface area contributed by atoms with Crippen LogP contribution in [0.25, 0.3) is 4.13 Å². The predicted molar refractivity (Wildman–Crippen MR) is 139 cm³/mol. The fraction of sp³-hybridized carbons (Fsp3) is 0.200. The number of sulfonamides is 2. The second kappa shape index (κ2) is 12.3. The van der Waals surface area contributed by atoms with E-state index in [1.165, 1.54) is 20.9 Å². The SMILES string of the molecule is C=COCCOc1ccc([S+](c2ccccc2)c2ccccc2)cc1.O=S1(=O)[N-]S(=O)(=O)C(F)(F)C(F)(F)C1(F)F. The van der Waals surface area contributed by atoms with E-state index in [0.29, 0.717) is 13.2 Å². The van der Waals surface area contributed by atoms with Gasteiger partial charge in [0.25, 0.3) is 0 Å². The van der Waals surface area contributed by atoms with Gasteiger partial charge in [-0.2, -0.15) is 26.3 Å². The average molecular weight is 642 g/mol. The molecule has 0 bridgehead atoms. The number of nitrogens with zero attached hydrogens (tertiary/aromatic N) is 1. The number of halogens is 6. The summed E-state index contributed by atoms with van der Waals surface area (Å²) < 4.78 is 128. The van der Waals surface area contributed by atoms with Crippen LogP contribution in [0.2, 0.25) is 0 Å². The van der Waals surface area contributed by atoms with Crippen molar-refractivity contribution in [1.29, 1.82) is 0 Å². The average Bonchev–Trinajstić information content (AvgIpc) is 2.92. The minimum atomic E-state index is -6.60. The van der Waals surface area contributed by atoms with Gasteiger partial charge in [-0.05, 0) is 48.5 Å². The van der Waals surface area contributed by atoms with Gasteiger partial charge >= 0.3 is 16.4 Å². The monoisotopic (exact) mass is 641 g/mol. The largest absolute Gasteiger partial charge is 0.498 e. The Labute approximate surface area is 235 Å². The summed E-state index contributed by atoms with van der Waals surface area (Å²) in [7, 11) is -13.3. The molecule has 7 nitrogen and oxygen atoms in total. The molecule has 4 rings (SSSR count). The van der Waals surface area contributed by atoms with Crippen molar-refractivity contribution in [1.82, 2.24) is 0 Å². The molecule has 1 saturated heterocycles. The highest BCUT2D eigenvalue weighted by atomic mass is 32.3. The Bertz CT molecular complexity index is 1450. The predicted octanol–water partition coefficient (Wildman–Crippen LogP) is 6.18. The molecule has 16 heteroatoms. The summed E-state index contributed by atoms with van der Waals surface area (Å²) in [5.74, 6) is -5.75. The maximum Gasteiger partial charge on any atom is 0.399 e. The first-order valence-corrected chi connectivity index (χ1v) is 15.4. The molecule has 222 valence electrons. The molecule has 0 aliphatic carbocycles. The van der Waals surface area contributed by atoms with Crippen molar-refractivity contribution >= 4 is 30.9 Å². The van der Waals surface area contributed by atoms with E-state index in [9.17, 15) is 43.2 Å². The van der Waals surface area contributed by atoms with Crippen LogP contribution in [0.15, 0.2) is 112 Å². The molecular weight excluding hydrogens is 620 g/mol. The highest BCUT2D eigenvalue weighted by Gasteiger charge is 2.81. The quantitative estimate of drug-likeness (QED) is 0.126. The Morgan fingerprint density at radius 3 is 1.51 bits per heavy atom. The molecule has 0 atom stereocenters. The van der Waals surface area contributed by atoms with Crippen molar-refractivity contribution < 1.29 is 52.7 Å².